The van der Waals surface area contributed by atoms with Crippen LogP contribution in [0.3, 0.4) is 0 Å². The van der Waals surface area contributed by atoms with Crippen molar-refractivity contribution in [2.24, 2.45) is 17.8 Å². The van der Waals surface area contributed by atoms with Gasteiger partial charge in [0, 0.05) is 11.8 Å². The molecule has 0 aliphatic carbocycles. The second kappa shape index (κ2) is 3.00. The summed E-state index contributed by atoms with van der Waals surface area (Å²) in [6.45, 7) is 8.51. The van der Waals surface area contributed by atoms with Gasteiger partial charge in [-0.3, -0.25) is 0 Å². The number of rotatable bonds is 1. The highest BCUT2D eigenvalue weighted by molar-refractivity contribution is 4.93. The van der Waals surface area contributed by atoms with E-state index in [-0.39, 0.29) is 0 Å². The van der Waals surface area contributed by atoms with Crippen molar-refractivity contribution >= 4 is 0 Å². The van der Waals surface area contributed by atoms with Crippen LogP contribution < -0.4 is 0 Å². The Kier molecular flexibility index (Phi) is 2.13. The number of hydrogen-bond donors (Lipinski definition) is 0. The summed E-state index contributed by atoms with van der Waals surface area (Å²) in [6, 6.07) is 0. The molecule has 0 spiro atoms. The molecule has 0 bridgehead atoms. The predicted octanol–water partition coefficient (Wildman–Crippen LogP) is 1.69. The lowest BCUT2D eigenvalue weighted by Crippen LogP contribution is -2.27. The van der Waals surface area contributed by atoms with Crippen molar-refractivity contribution in [2.45, 2.75) is 33.0 Å². The Hall–Kier alpha value is -0.0800. The van der Waals surface area contributed by atoms with Gasteiger partial charge in [0.25, 0.3) is 0 Å². The minimum atomic E-state index is 0.386. The van der Waals surface area contributed by atoms with E-state index in [0.717, 1.165) is 13.2 Å². The topological polar surface area (TPSA) is 18.5 Å². The van der Waals surface area contributed by atoms with Crippen LogP contribution in [0.2, 0.25) is 0 Å². The van der Waals surface area contributed by atoms with Gasteiger partial charge in [0.15, 0.2) is 0 Å². The first-order valence-corrected chi connectivity index (χ1v) is 4.93. The monoisotopic (exact) mass is 170 g/mol. The van der Waals surface area contributed by atoms with Gasteiger partial charge in [0.2, 0.25) is 0 Å². The molecular weight excluding hydrogens is 152 g/mol. The van der Waals surface area contributed by atoms with Crippen LogP contribution in [0.1, 0.15) is 20.8 Å². The van der Waals surface area contributed by atoms with E-state index in [2.05, 4.69) is 20.8 Å². The molecule has 2 aliphatic rings. The molecule has 0 radical (unpaired) electrons. The standard InChI is InChI=1S/C10H18O2/c1-6(2)8-5-12-9-7(3)4-11-10(8)9/h6-10H,4-5H2,1-3H3/t7-,8-,9?,10?/m1/s1. The quantitative estimate of drug-likeness (QED) is 0.596. The lowest BCUT2D eigenvalue weighted by molar-refractivity contribution is 0.0549. The highest BCUT2D eigenvalue weighted by atomic mass is 16.6. The van der Waals surface area contributed by atoms with Gasteiger partial charge >= 0.3 is 0 Å². The van der Waals surface area contributed by atoms with Crippen LogP contribution in [-0.4, -0.2) is 25.4 Å². The molecule has 2 heteroatoms. The van der Waals surface area contributed by atoms with E-state index >= 15 is 0 Å². The molecule has 2 nitrogen and oxygen atoms in total. The molecule has 0 aromatic rings. The molecule has 12 heavy (non-hydrogen) atoms. The maximum Gasteiger partial charge on any atom is 0.0892 e. The highest BCUT2D eigenvalue weighted by Crippen LogP contribution is 2.37. The zero-order chi connectivity index (χ0) is 8.72. The fourth-order valence-corrected chi connectivity index (χ4v) is 2.29. The summed E-state index contributed by atoms with van der Waals surface area (Å²) < 4.78 is 11.5. The van der Waals surface area contributed by atoms with Crippen molar-refractivity contribution in [1.29, 1.82) is 0 Å². The fourth-order valence-electron chi connectivity index (χ4n) is 2.29. The van der Waals surface area contributed by atoms with Crippen LogP contribution in [0.15, 0.2) is 0 Å². The molecule has 0 aromatic heterocycles. The average molecular weight is 170 g/mol. The summed E-state index contributed by atoms with van der Waals surface area (Å²) in [5.74, 6) is 1.91. The molecule has 2 heterocycles. The third-order valence-corrected chi connectivity index (χ3v) is 3.20. The van der Waals surface area contributed by atoms with E-state index in [9.17, 15) is 0 Å². The molecule has 0 amide bonds. The van der Waals surface area contributed by atoms with Crippen LogP contribution in [0, 0.1) is 17.8 Å². The first-order chi connectivity index (χ1) is 5.70. The minimum absolute atomic E-state index is 0.386. The van der Waals surface area contributed by atoms with Gasteiger partial charge in [-0.15, -0.1) is 0 Å². The zero-order valence-corrected chi connectivity index (χ0v) is 8.12. The number of ether oxygens (including phenoxy) is 2. The molecule has 2 unspecified atom stereocenters. The van der Waals surface area contributed by atoms with E-state index in [4.69, 9.17) is 9.47 Å². The van der Waals surface area contributed by atoms with Crippen LogP contribution in [-0.2, 0) is 9.47 Å². The van der Waals surface area contributed by atoms with E-state index in [1.54, 1.807) is 0 Å². The largest absolute Gasteiger partial charge is 0.375 e. The van der Waals surface area contributed by atoms with Crippen molar-refractivity contribution in [2.75, 3.05) is 13.2 Å². The first-order valence-electron chi connectivity index (χ1n) is 4.93. The van der Waals surface area contributed by atoms with Crippen molar-refractivity contribution in [3.05, 3.63) is 0 Å². The maximum absolute atomic E-state index is 5.74. The molecule has 0 aromatic carbocycles. The summed E-state index contributed by atoms with van der Waals surface area (Å²) in [5.41, 5.74) is 0. The second-order valence-electron chi connectivity index (χ2n) is 4.48. The summed E-state index contributed by atoms with van der Waals surface area (Å²) in [5, 5.41) is 0. The van der Waals surface area contributed by atoms with Crippen molar-refractivity contribution in [3.63, 3.8) is 0 Å². The van der Waals surface area contributed by atoms with Crippen molar-refractivity contribution < 1.29 is 9.47 Å². The molecule has 2 aliphatic heterocycles. The smallest absolute Gasteiger partial charge is 0.0892 e. The fraction of sp³-hybridized carbons (Fsp3) is 1.00. The van der Waals surface area contributed by atoms with Crippen LogP contribution in [0.4, 0.5) is 0 Å². The molecule has 2 rings (SSSR count). The summed E-state index contributed by atoms with van der Waals surface area (Å²) in [4.78, 5) is 0. The van der Waals surface area contributed by atoms with Crippen LogP contribution in [0.25, 0.3) is 0 Å². The summed E-state index contributed by atoms with van der Waals surface area (Å²) >= 11 is 0. The average Bonchev–Trinajstić information content (AvgIpc) is 2.53. The van der Waals surface area contributed by atoms with Crippen molar-refractivity contribution in [3.8, 4) is 0 Å². The first kappa shape index (κ1) is 8.52. The van der Waals surface area contributed by atoms with E-state index < -0.39 is 0 Å². The molecular formula is C10H18O2. The molecule has 70 valence electrons. The molecule has 2 fully saturated rings. The summed E-state index contributed by atoms with van der Waals surface area (Å²) in [6.07, 6.45) is 0.775. The Morgan fingerprint density at radius 1 is 1.08 bits per heavy atom. The van der Waals surface area contributed by atoms with Gasteiger partial charge < -0.3 is 9.47 Å². The van der Waals surface area contributed by atoms with Gasteiger partial charge in [0.1, 0.15) is 0 Å². The Balaban J connectivity index is 2.05. The third kappa shape index (κ3) is 1.17. The molecule has 0 saturated carbocycles. The Bertz CT molecular complexity index is 167. The third-order valence-electron chi connectivity index (χ3n) is 3.20. The normalized spacial score (nSPS) is 47.0. The minimum Gasteiger partial charge on any atom is -0.375 e. The van der Waals surface area contributed by atoms with Crippen LogP contribution in [0.5, 0.6) is 0 Å². The Morgan fingerprint density at radius 2 is 1.75 bits per heavy atom. The highest BCUT2D eigenvalue weighted by Gasteiger charge is 2.46. The molecule has 4 atom stereocenters. The van der Waals surface area contributed by atoms with Gasteiger partial charge in [0.05, 0.1) is 25.4 Å². The lowest BCUT2D eigenvalue weighted by atomic mass is 9.89. The second-order valence-corrected chi connectivity index (χ2v) is 4.48. The summed E-state index contributed by atoms with van der Waals surface area (Å²) in [7, 11) is 0. The zero-order valence-electron chi connectivity index (χ0n) is 8.12. The predicted molar refractivity (Wildman–Crippen MR) is 47.0 cm³/mol. The van der Waals surface area contributed by atoms with E-state index in [1.165, 1.54) is 0 Å². The van der Waals surface area contributed by atoms with Crippen LogP contribution >= 0.6 is 0 Å². The Morgan fingerprint density at radius 3 is 2.42 bits per heavy atom. The van der Waals surface area contributed by atoms with Crippen molar-refractivity contribution in [1.82, 2.24) is 0 Å². The maximum atomic E-state index is 5.74. The van der Waals surface area contributed by atoms with Gasteiger partial charge in [-0.1, -0.05) is 20.8 Å². The lowest BCUT2D eigenvalue weighted by Gasteiger charge is -2.19. The molecule has 2 saturated heterocycles. The van der Waals surface area contributed by atoms with Gasteiger partial charge in [-0.25, -0.2) is 0 Å². The Labute approximate surface area is 74.2 Å². The molecule has 0 N–H and O–H groups in total. The SMILES string of the molecule is CC(C)[C@H]1COC2C1OC[C@H]2C. The van der Waals surface area contributed by atoms with Gasteiger partial charge in [-0.2, -0.15) is 0 Å². The van der Waals surface area contributed by atoms with E-state index in [0.29, 0.717) is 30.0 Å². The number of fused-ring (bicyclic) bond motifs is 1. The van der Waals surface area contributed by atoms with Gasteiger partial charge in [-0.05, 0) is 5.92 Å². The van der Waals surface area contributed by atoms with E-state index in [1.807, 2.05) is 0 Å². The number of hydrogen-bond acceptors (Lipinski definition) is 2.